The number of rotatable bonds is 1. The van der Waals surface area contributed by atoms with E-state index in [2.05, 4.69) is 51.1 Å². The first-order chi connectivity index (χ1) is 7.57. The molecule has 0 amide bonds. The molecule has 16 heavy (non-hydrogen) atoms. The molecule has 0 N–H and O–H groups in total. The molecule has 0 aromatic heterocycles. The minimum Gasteiger partial charge on any atom is -0.0807 e. The number of hydrogen-bond acceptors (Lipinski definition) is 0. The van der Waals surface area contributed by atoms with Crippen molar-refractivity contribution in [2.45, 2.75) is 51.9 Å². The van der Waals surface area contributed by atoms with E-state index in [0.29, 0.717) is 0 Å². The van der Waals surface area contributed by atoms with E-state index in [0.717, 1.165) is 0 Å². The van der Waals surface area contributed by atoms with E-state index < -0.39 is 0 Å². The average molecular weight is 214 g/mol. The molecule has 0 heteroatoms. The van der Waals surface area contributed by atoms with Crippen LogP contribution in [-0.4, -0.2) is 0 Å². The highest BCUT2D eigenvalue weighted by Crippen LogP contribution is 2.29. The van der Waals surface area contributed by atoms with Crippen LogP contribution in [0, 0.1) is 0 Å². The zero-order valence-electron chi connectivity index (χ0n) is 10.7. The first kappa shape index (κ1) is 11.4. The molecular formula is C16H22. The Morgan fingerprint density at radius 3 is 2.12 bits per heavy atom. The van der Waals surface area contributed by atoms with E-state index in [9.17, 15) is 0 Å². The van der Waals surface area contributed by atoms with Gasteiger partial charge in [0.1, 0.15) is 0 Å². The smallest absolute Gasteiger partial charge is 0.0132 e. The number of benzene rings is 1. The Balaban J connectivity index is 2.22. The Hall–Kier alpha value is -1.04. The second kappa shape index (κ2) is 4.45. The summed E-state index contributed by atoms with van der Waals surface area (Å²) in [4.78, 5) is 0. The highest BCUT2D eigenvalue weighted by Gasteiger charge is 2.13. The van der Waals surface area contributed by atoms with Gasteiger partial charge in [0.05, 0.1) is 0 Å². The molecule has 86 valence electrons. The van der Waals surface area contributed by atoms with Gasteiger partial charge in [-0.05, 0) is 47.8 Å². The summed E-state index contributed by atoms with van der Waals surface area (Å²) in [6, 6.07) is 9.14. The third kappa shape index (κ3) is 2.55. The molecule has 2 rings (SSSR count). The Labute approximate surface area is 99.4 Å². The normalized spacial score (nSPS) is 17.1. The lowest BCUT2D eigenvalue weighted by molar-refractivity contribution is 0.590. The molecule has 0 spiro atoms. The van der Waals surface area contributed by atoms with E-state index in [-0.39, 0.29) is 5.41 Å². The van der Waals surface area contributed by atoms with Gasteiger partial charge < -0.3 is 0 Å². The molecule has 0 bridgehead atoms. The van der Waals surface area contributed by atoms with Crippen molar-refractivity contribution in [3.63, 3.8) is 0 Å². The maximum Gasteiger partial charge on any atom is -0.0132 e. The Morgan fingerprint density at radius 2 is 1.62 bits per heavy atom. The quantitative estimate of drug-likeness (QED) is 0.621. The Morgan fingerprint density at radius 1 is 0.938 bits per heavy atom. The third-order valence-corrected chi connectivity index (χ3v) is 3.41. The van der Waals surface area contributed by atoms with Gasteiger partial charge in [-0.25, -0.2) is 0 Å². The highest BCUT2D eigenvalue weighted by molar-refractivity contribution is 5.66. The largest absolute Gasteiger partial charge is 0.0807 e. The van der Waals surface area contributed by atoms with Crippen LogP contribution < -0.4 is 0 Å². The molecule has 0 unspecified atom stereocenters. The van der Waals surface area contributed by atoms with Gasteiger partial charge >= 0.3 is 0 Å². The highest BCUT2D eigenvalue weighted by atomic mass is 14.2. The van der Waals surface area contributed by atoms with Crippen LogP contribution in [0.2, 0.25) is 0 Å². The second-order valence-corrected chi connectivity index (χ2v) is 5.80. The van der Waals surface area contributed by atoms with E-state index in [1.165, 1.54) is 36.8 Å². The van der Waals surface area contributed by atoms with Crippen LogP contribution in [0.15, 0.2) is 30.3 Å². The molecule has 0 saturated heterocycles. The van der Waals surface area contributed by atoms with Gasteiger partial charge in [-0.3, -0.25) is 0 Å². The van der Waals surface area contributed by atoms with Crippen molar-refractivity contribution >= 4 is 5.57 Å². The molecule has 0 aliphatic heterocycles. The first-order valence-corrected chi connectivity index (χ1v) is 6.37. The van der Waals surface area contributed by atoms with Gasteiger partial charge in [0, 0.05) is 0 Å². The van der Waals surface area contributed by atoms with E-state index in [1.807, 2.05) is 0 Å². The molecule has 1 aliphatic carbocycles. The van der Waals surface area contributed by atoms with Gasteiger partial charge in [-0.15, -0.1) is 0 Å². The fraction of sp³-hybridized carbons (Fsp3) is 0.500. The molecule has 1 aromatic carbocycles. The third-order valence-electron chi connectivity index (χ3n) is 3.41. The summed E-state index contributed by atoms with van der Waals surface area (Å²) in [5.74, 6) is 0. The molecule has 1 aromatic rings. The number of hydrogen-bond donors (Lipinski definition) is 0. The van der Waals surface area contributed by atoms with Gasteiger partial charge in [0.2, 0.25) is 0 Å². The van der Waals surface area contributed by atoms with Crippen LogP contribution in [0.25, 0.3) is 5.57 Å². The lowest BCUT2D eigenvalue weighted by Crippen LogP contribution is -2.10. The molecule has 0 radical (unpaired) electrons. The lowest BCUT2D eigenvalue weighted by atomic mass is 9.85. The zero-order valence-corrected chi connectivity index (χ0v) is 10.7. The van der Waals surface area contributed by atoms with Crippen LogP contribution in [0.5, 0.6) is 0 Å². The number of allylic oxidation sites excluding steroid dienone is 2. The van der Waals surface area contributed by atoms with Gasteiger partial charge in [-0.2, -0.15) is 0 Å². The van der Waals surface area contributed by atoms with Crippen molar-refractivity contribution in [1.82, 2.24) is 0 Å². The SMILES string of the molecule is CC(C)(C)c1ccc(C2=CCCCC2)cc1. The molecule has 0 heterocycles. The molecule has 0 saturated carbocycles. The van der Waals surface area contributed by atoms with Gasteiger partial charge in [-0.1, -0.05) is 51.1 Å². The van der Waals surface area contributed by atoms with Crippen LogP contribution in [-0.2, 0) is 5.41 Å². The molecule has 0 fully saturated rings. The van der Waals surface area contributed by atoms with Crippen LogP contribution >= 0.6 is 0 Å². The maximum atomic E-state index is 2.41. The fourth-order valence-corrected chi connectivity index (χ4v) is 2.28. The van der Waals surface area contributed by atoms with Crippen molar-refractivity contribution in [3.05, 3.63) is 41.5 Å². The van der Waals surface area contributed by atoms with Crippen molar-refractivity contribution in [1.29, 1.82) is 0 Å². The Kier molecular flexibility index (Phi) is 3.18. The fourth-order valence-electron chi connectivity index (χ4n) is 2.28. The predicted molar refractivity (Wildman–Crippen MR) is 71.6 cm³/mol. The summed E-state index contributed by atoms with van der Waals surface area (Å²) in [7, 11) is 0. The first-order valence-electron chi connectivity index (χ1n) is 6.37. The summed E-state index contributed by atoms with van der Waals surface area (Å²) in [6.07, 6.45) is 7.65. The van der Waals surface area contributed by atoms with Crippen molar-refractivity contribution in [3.8, 4) is 0 Å². The standard InChI is InChI=1S/C16H22/c1-16(2,3)15-11-9-14(10-12-15)13-7-5-4-6-8-13/h7,9-12H,4-6,8H2,1-3H3. The van der Waals surface area contributed by atoms with Crippen LogP contribution in [0.4, 0.5) is 0 Å². The minimum absolute atomic E-state index is 0.263. The zero-order chi connectivity index (χ0) is 11.6. The topological polar surface area (TPSA) is 0 Å². The van der Waals surface area contributed by atoms with Gasteiger partial charge in [0.15, 0.2) is 0 Å². The van der Waals surface area contributed by atoms with Crippen LogP contribution in [0.3, 0.4) is 0 Å². The molecule has 0 nitrogen and oxygen atoms in total. The molecule has 1 aliphatic rings. The summed E-state index contributed by atoms with van der Waals surface area (Å²) >= 11 is 0. The predicted octanol–water partition coefficient (Wildman–Crippen LogP) is 4.94. The second-order valence-electron chi connectivity index (χ2n) is 5.80. The molecule has 0 atom stereocenters. The summed E-state index contributed by atoms with van der Waals surface area (Å²) in [6.45, 7) is 6.80. The van der Waals surface area contributed by atoms with E-state index >= 15 is 0 Å². The van der Waals surface area contributed by atoms with Crippen LogP contribution in [0.1, 0.15) is 57.6 Å². The van der Waals surface area contributed by atoms with E-state index in [4.69, 9.17) is 0 Å². The van der Waals surface area contributed by atoms with Crippen molar-refractivity contribution in [2.75, 3.05) is 0 Å². The van der Waals surface area contributed by atoms with Crippen molar-refractivity contribution in [2.24, 2.45) is 0 Å². The van der Waals surface area contributed by atoms with E-state index in [1.54, 1.807) is 5.57 Å². The lowest BCUT2D eigenvalue weighted by Gasteiger charge is -2.20. The molecular weight excluding hydrogens is 192 g/mol. The summed E-state index contributed by atoms with van der Waals surface area (Å²) < 4.78 is 0. The van der Waals surface area contributed by atoms with Gasteiger partial charge in [0.25, 0.3) is 0 Å². The average Bonchev–Trinajstić information content (AvgIpc) is 2.29. The summed E-state index contributed by atoms with van der Waals surface area (Å²) in [5.41, 5.74) is 4.66. The maximum absolute atomic E-state index is 2.41. The summed E-state index contributed by atoms with van der Waals surface area (Å²) in [5, 5.41) is 0. The monoisotopic (exact) mass is 214 g/mol. The minimum atomic E-state index is 0.263. The Bertz CT molecular complexity index is 373. The van der Waals surface area contributed by atoms with Crippen molar-refractivity contribution < 1.29 is 0 Å².